The molecule has 0 aromatic carbocycles. The van der Waals surface area contributed by atoms with Gasteiger partial charge in [0.15, 0.2) is 6.29 Å². The Morgan fingerprint density at radius 2 is 2.45 bits per heavy atom. The smallest absolute Gasteiger partial charge is 0.156 e. The predicted octanol–water partition coefficient (Wildman–Crippen LogP) is 1.63. The van der Waals surface area contributed by atoms with Crippen LogP contribution in [0.3, 0.4) is 0 Å². The molecule has 3 unspecified atom stereocenters. The minimum absolute atomic E-state index is 0.0475. The van der Waals surface area contributed by atoms with Crippen LogP contribution >= 0.6 is 0 Å². The zero-order chi connectivity index (χ0) is 7.84. The van der Waals surface area contributed by atoms with Gasteiger partial charge in [-0.25, -0.2) is 0 Å². The Morgan fingerprint density at radius 3 is 3.18 bits per heavy atom. The predicted molar refractivity (Wildman–Crippen MR) is 42.1 cm³/mol. The molecule has 2 aliphatic rings. The van der Waals surface area contributed by atoms with Gasteiger partial charge in [0.1, 0.15) is 6.10 Å². The topological polar surface area (TPSA) is 18.5 Å². The van der Waals surface area contributed by atoms with Crippen LogP contribution in [0.25, 0.3) is 0 Å². The van der Waals surface area contributed by atoms with Crippen LogP contribution in [0.5, 0.6) is 0 Å². The van der Waals surface area contributed by atoms with Crippen molar-refractivity contribution in [2.75, 3.05) is 0 Å². The van der Waals surface area contributed by atoms with Crippen LogP contribution in [0, 0.1) is 0 Å². The molecule has 2 heteroatoms. The van der Waals surface area contributed by atoms with Crippen LogP contribution in [-0.2, 0) is 9.47 Å². The van der Waals surface area contributed by atoms with E-state index in [2.05, 4.69) is 12.7 Å². The fourth-order valence-corrected chi connectivity index (χ4v) is 1.68. The lowest BCUT2D eigenvalue weighted by Gasteiger charge is -2.07. The summed E-state index contributed by atoms with van der Waals surface area (Å²) < 4.78 is 11.0. The average molecular weight is 152 g/mol. The van der Waals surface area contributed by atoms with E-state index in [4.69, 9.17) is 9.47 Å². The zero-order valence-corrected chi connectivity index (χ0v) is 6.62. The monoisotopic (exact) mass is 152 g/mol. The molecule has 0 aromatic heterocycles. The molecule has 2 rings (SSSR count). The first kappa shape index (κ1) is 7.07. The van der Waals surface area contributed by atoms with Crippen LogP contribution in [0.1, 0.15) is 13.3 Å². The molecule has 1 aliphatic heterocycles. The van der Waals surface area contributed by atoms with Gasteiger partial charge >= 0.3 is 0 Å². The molecule has 1 saturated heterocycles. The minimum atomic E-state index is -0.0475. The van der Waals surface area contributed by atoms with Crippen LogP contribution in [0.4, 0.5) is 0 Å². The molecule has 0 aromatic rings. The van der Waals surface area contributed by atoms with E-state index >= 15 is 0 Å². The maximum atomic E-state index is 5.53. The van der Waals surface area contributed by atoms with Crippen molar-refractivity contribution >= 4 is 0 Å². The summed E-state index contributed by atoms with van der Waals surface area (Å²) in [4.78, 5) is 0. The van der Waals surface area contributed by atoms with Crippen LogP contribution in [-0.4, -0.2) is 18.5 Å². The van der Waals surface area contributed by atoms with E-state index in [1.807, 2.05) is 13.0 Å². The lowest BCUT2D eigenvalue weighted by Crippen LogP contribution is -2.17. The highest BCUT2D eigenvalue weighted by Gasteiger charge is 2.38. The van der Waals surface area contributed by atoms with E-state index in [0.29, 0.717) is 0 Å². The molecule has 0 spiro atoms. The summed E-state index contributed by atoms with van der Waals surface area (Å²) in [5.41, 5.74) is 1.18. The highest BCUT2D eigenvalue weighted by Crippen LogP contribution is 2.32. The largest absolute Gasteiger partial charge is 0.346 e. The first-order chi connectivity index (χ1) is 5.31. The lowest BCUT2D eigenvalue weighted by atomic mass is 10.1. The third-order valence-corrected chi connectivity index (χ3v) is 2.19. The molecule has 1 heterocycles. The van der Waals surface area contributed by atoms with Crippen molar-refractivity contribution in [3.05, 3.63) is 24.3 Å². The summed E-state index contributed by atoms with van der Waals surface area (Å²) in [5.74, 6) is 0. The second kappa shape index (κ2) is 2.47. The number of hydrogen-bond acceptors (Lipinski definition) is 2. The maximum Gasteiger partial charge on any atom is 0.156 e. The molecule has 0 radical (unpaired) electrons. The Bertz CT molecular complexity index is 208. The van der Waals surface area contributed by atoms with E-state index < -0.39 is 0 Å². The van der Waals surface area contributed by atoms with Gasteiger partial charge in [-0.1, -0.05) is 18.7 Å². The number of fused-ring (bicyclic) bond motifs is 1. The van der Waals surface area contributed by atoms with Crippen molar-refractivity contribution in [1.29, 1.82) is 0 Å². The van der Waals surface area contributed by atoms with Crippen LogP contribution < -0.4 is 0 Å². The highest BCUT2D eigenvalue weighted by molar-refractivity contribution is 5.28. The average Bonchev–Trinajstić information content (AvgIpc) is 2.45. The summed E-state index contributed by atoms with van der Waals surface area (Å²) in [7, 11) is 0. The molecule has 0 amide bonds. The van der Waals surface area contributed by atoms with Crippen LogP contribution in [0.2, 0.25) is 0 Å². The highest BCUT2D eigenvalue weighted by atomic mass is 16.7. The number of hydrogen-bond donors (Lipinski definition) is 0. The second-order valence-corrected chi connectivity index (χ2v) is 2.94. The lowest BCUT2D eigenvalue weighted by molar-refractivity contribution is -0.0485. The van der Waals surface area contributed by atoms with Crippen molar-refractivity contribution in [3.63, 3.8) is 0 Å². The fourth-order valence-electron chi connectivity index (χ4n) is 1.68. The van der Waals surface area contributed by atoms with Crippen molar-refractivity contribution in [2.45, 2.75) is 31.8 Å². The molecular formula is C9H12O2. The molecule has 11 heavy (non-hydrogen) atoms. The number of ether oxygens (including phenoxy) is 2. The normalized spacial score (nSPS) is 41.9. The van der Waals surface area contributed by atoms with Gasteiger partial charge in [0.2, 0.25) is 0 Å². The van der Waals surface area contributed by atoms with Gasteiger partial charge in [-0.2, -0.15) is 0 Å². The molecule has 60 valence electrons. The Kier molecular flexibility index (Phi) is 1.59. The first-order valence-corrected chi connectivity index (χ1v) is 3.94. The Balaban J connectivity index is 2.14. The van der Waals surface area contributed by atoms with Gasteiger partial charge in [-0.15, -0.1) is 0 Å². The molecule has 1 aliphatic carbocycles. The maximum absolute atomic E-state index is 5.53. The van der Waals surface area contributed by atoms with Gasteiger partial charge in [0.05, 0.1) is 6.10 Å². The van der Waals surface area contributed by atoms with Crippen LogP contribution in [0.15, 0.2) is 24.3 Å². The minimum Gasteiger partial charge on any atom is -0.346 e. The first-order valence-electron chi connectivity index (χ1n) is 3.94. The molecule has 1 fully saturated rings. The molecule has 0 saturated carbocycles. The van der Waals surface area contributed by atoms with Gasteiger partial charge in [0, 0.05) is 0 Å². The van der Waals surface area contributed by atoms with Gasteiger partial charge in [-0.05, 0) is 18.9 Å². The molecule has 3 atom stereocenters. The second-order valence-electron chi connectivity index (χ2n) is 2.94. The van der Waals surface area contributed by atoms with E-state index in [1.54, 1.807) is 0 Å². The zero-order valence-electron chi connectivity index (χ0n) is 6.62. The molecule has 0 bridgehead atoms. The Hall–Kier alpha value is -0.600. The molecular weight excluding hydrogens is 140 g/mol. The van der Waals surface area contributed by atoms with E-state index in [0.717, 1.165) is 6.42 Å². The molecule has 2 nitrogen and oxygen atoms in total. The van der Waals surface area contributed by atoms with Crippen molar-refractivity contribution in [2.24, 2.45) is 0 Å². The van der Waals surface area contributed by atoms with Gasteiger partial charge in [-0.3, -0.25) is 0 Å². The summed E-state index contributed by atoms with van der Waals surface area (Å²) in [5, 5.41) is 0. The van der Waals surface area contributed by atoms with E-state index in [9.17, 15) is 0 Å². The quantitative estimate of drug-likeness (QED) is 0.568. The summed E-state index contributed by atoms with van der Waals surface area (Å²) >= 11 is 0. The van der Waals surface area contributed by atoms with E-state index in [1.165, 1.54) is 5.57 Å². The third-order valence-electron chi connectivity index (χ3n) is 2.19. The van der Waals surface area contributed by atoms with Crippen molar-refractivity contribution < 1.29 is 9.47 Å². The summed E-state index contributed by atoms with van der Waals surface area (Å²) in [6.07, 6.45) is 5.31. The van der Waals surface area contributed by atoms with Gasteiger partial charge < -0.3 is 9.47 Å². The standard InChI is InChI=1S/C9H12O2/c1-3-7-4-5-8-9(7)11-6(2)10-8/h3-4,6,8-9H,1,5H2,2H3. The van der Waals surface area contributed by atoms with Crippen molar-refractivity contribution in [3.8, 4) is 0 Å². The molecule has 0 N–H and O–H groups in total. The van der Waals surface area contributed by atoms with Gasteiger partial charge in [0.25, 0.3) is 0 Å². The Morgan fingerprint density at radius 1 is 1.64 bits per heavy atom. The number of rotatable bonds is 1. The fraction of sp³-hybridized carbons (Fsp3) is 0.556. The summed E-state index contributed by atoms with van der Waals surface area (Å²) in [6, 6.07) is 0. The SMILES string of the molecule is C=CC1=CCC2OC(C)OC12. The van der Waals surface area contributed by atoms with Crippen molar-refractivity contribution in [1.82, 2.24) is 0 Å². The third kappa shape index (κ3) is 1.03. The van der Waals surface area contributed by atoms with E-state index in [-0.39, 0.29) is 18.5 Å². The Labute approximate surface area is 66.5 Å². The summed E-state index contributed by atoms with van der Waals surface area (Å²) in [6.45, 7) is 5.65.